The molecule has 0 bridgehead atoms. The zero-order valence-corrected chi connectivity index (χ0v) is 21.1. The third-order valence-electron chi connectivity index (χ3n) is 6.66. The summed E-state index contributed by atoms with van der Waals surface area (Å²) in [4.78, 5) is 27.8. The summed E-state index contributed by atoms with van der Waals surface area (Å²) in [5, 5.41) is 11.3. The summed E-state index contributed by atoms with van der Waals surface area (Å²) in [5.74, 6) is 0.0710. The molecule has 7 heteroatoms. The van der Waals surface area contributed by atoms with Crippen LogP contribution in [0.2, 0.25) is 0 Å². The molecule has 4 aromatic rings. The van der Waals surface area contributed by atoms with E-state index >= 15 is 0 Å². The third-order valence-corrected chi connectivity index (χ3v) is 6.66. The summed E-state index contributed by atoms with van der Waals surface area (Å²) in [6.45, 7) is 2.52. The maximum absolute atomic E-state index is 13.2. The predicted molar refractivity (Wildman–Crippen MR) is 142 cm³/mol. The average molecular weight is 510 g/mol. The number of hydrogen-bond donors (Lipinski definition) is 1. The molecule has 0 saturated carbocycles. The van der Waals surface area contributed by atoms with E-state index in [0.717, 1.165) is 11.1 Å². The Morgan fingerprint density at radius 3 is 2.29 bits per heavy atom. The highest BCUT2D eigenvalue weighted by molar-refractivity contribution is 6.46. The maximum atomic E-state index is 13.2. The molecule has 192 valence electrons. The monoisotopic (exact) mass is 509 g/mol. The van der Waals surface area contributed by atoms with E-state index in [2.05, 4.69) is 0 Å². The van der Waals surface area contributed by atoms with E-state index in [-0.39, 0.29) is 17.9 Å². The van der Waals surface area contributed by atoms with Gasteiger partial charge in [-0.2, -0.15) is 0 Å². The Labute approximate surface area is 220 Å². The van der Waals surface area contributed by atoms with Crippen LogP contribution in [0, 0.1) is 6.92 Å². The molecule has 0 aliphatic carbocycles. The van der Waals surface area contributed by atoms with Crippen molar-refractivity contribution >= 4 is 17.4 Å². The normalized spacial score (nSPS) is 16.6. The molecule has 1 saturated heterocycles. The Bertz CT molecular complexity index is 1470. The Morgan fingerprint density at radius 2 is 1.63 bits per heavy atom. The Kier molecular flexibility index (Phi) is 7.00. The zero-order valence-electron chi connectivity index (χ0n) is 21.1. The first-order valence-electron chi connectivity index (χ1n) is 12.2. The van der Waals surface area contributed by atoms with Crippen LogP contribution in [0.4, 0.5) is 0 Å². The standard InChI is InChI=1S/C31H27NO6/c1-20-6-3-4-7-23(20)19-38-25-15-11-22(12-16-25)29(33)27-28(21-9-13-24(36-2)14-10-21)32(31(35)30(27)34)18-26-8-5-17-37-26/h3-17,28,33H,18-19H2,1-2H3. The van der Waals surface area contributed by atoms with Gasteiger partial charge in [-0.25, -0.2) is 0 Å². The number of benzene rings is 3. The van der Waals surface area contributed by atoms with E-state index < -0.39 is 17.7 Å². The Hall–Kier alpha value is -4.78. The number of furan rings is 1. The number of amides is 1. The Morgan fingerprint density at radius 1 is 0.921 bits per heavy atom. The topological polar surface area (TPSA) is 89.2 Å². The molecular weight excluding hydrogens is 482 g/mol. The molecule has 1 aliphatic heterocycles. The number of ketones is 1. The van der Waals surface area contributed by atoms with Gasteiger partial charge in [0.05, 0.1) is 31.5 Å². The molecular formula is C31H27NO6. The molecule has 1 atom stereocenters. The van der Waals surface area contributed by atoms with Gasteiger partial charge in [-0.05, 0) is 72.1 Å². The lowest BCUT2D eigenvalue weighted by atomic mass is 9.95. The number of aliphatic hydroxyl groups is 1. The second-order valence-corrected chi connectivity index (χ2v) is 9.02. The summed E-state index contributed by atoms with van der Waals surface area (Å²) >= 11 is 0. The smallest absolute Gasteiger partial charge is 0.296 e. The van der Waals surface area contributed by atoms with Crippen LogP contribution in [0.1, 0.15) is 34.1 Å². The molecule has 1 aliphatic rings. The first-order valence-corrected chi connectivity index (χ1v) is 12.2. The second-order valence-electron chi connectivity index (χ2n) is 9.02. The number of hydrogen-bond acceptors (Lipinski definition) is 6. The molecule has 5 rings (SSSR count). The van der Waals surface area contributed by atoms with Crippen LogP contribution in [-0.4, -0.2) is 28.8 Å². The molecule has 2 heterocycles. The summed E-state index contributed by atoms with van der Waals surface area (Å²) in [6.07, 6.45) is 1.51. The maximum Gasteiger partial charge on any atom is 0.296 e. The minimum Gasteiger partial charge on any atom is -0.507 e. The molecule has 0 spiro atoms. The largest absolute Gasteiger partial charge is 0.507 e. The van der Waals surface area contributed by atoms with Crippen LogP contribution in [0.5, 0.6) is 11.5 Å². The number of carbonyl (C=O) groups excluding carboxylic acids is 2. The highest BCUT2D eigenvalue weighted by atomic mass is 16.5. The molecule has 1 unspecified atom stereocenters. The van der Waals surface area contributed by atoms with E-state index in [1.54, 1.807) is 67.8 Å². The van der Waals surface area contributed by atoms with Crippen molar-refractivity contribution in [2.75, 3.05) is 7.11 Å². The average Bonchev–Trinajstić information content (AvgIpc) is 3.55. The van der Waals surface area contributed by atoms with Gasteiger partial charge >= 0.3 is 0 Å². The molecule has 7 nitrogen and oxygen atoms in total. The number of likely N-dealkylation sites (tertiary alicyclic amines) is 1. The minimum atomic E-state index is -0.803. The van der Waals surface area contributed by atoms with Crippen molar-refractivity contribution in [1.29, 1.82) is 0 Å². The van der Waals surface area contributed by atoms with Crippen LogP contribution < -0.4 is 9.47 Å². The summed E-state index contributed by atoms with van der Waals surface area (Å²) in [7, 11) is 1.56. The van der Waals surface area contributed by atoms with Gasteiger partial charge in [0.25, 0.3) is 11.7 Å². The number of nitrogens with zero attached hydrogens (tertiary/aromatic N) is 1. The van der Waals surface area contributed by atoms with Crippen molar-refractivity contribution in [3.8, 4) is 11.5 Å². The van der Waals surface area contributed by atoms with Crippen LogP contribution in [-0.2, 0) is 22.7 Å². The van der Waals surface area contributed by atoms with E-state index in [0.29, 0.717) is 35.0 Å². The van der Waals surface area contributed by atoms with Gasteiger partial charge in [0.1, 0.15) is 29.6 Å². The lowest BCUT2D eigenvalue weighted by Gasteiger charge is -2.24. The molecule has 1 aromatic heterocycles. The molecule has 1 amide bonds. The number of aliphatic hydroxyl groups excluding tert-OH is 1. The van der Waals surface area contributed by atoms with Crippen LogP contribution in [0.15, 0.2) is 101 Å². The zero-order chi connectivity index (χ0) is 26.6. The van der Waals surface area contributed by atoms with Crippen molar-refractivity contribution in [1.82, 2.24) is 4.90 Å². The van der Waals surface area contributed by atoms with Crippen molar-refractivity contribution < 1.29 is 28.6 Å². The molecule has 38 heavy (non-hydrogen) atoms. The number of methoxy groups -OCH3 is 1. The van der Waals surface area contributed by atoms with E-state index in [9.17, 15) is 14.7 Å². The molecule has 0 radical (unpaired) electrons. The SMILES string of the molecule is COc1ccc(C2C(=C(O)c3ccc(OCc4ccccc4C)cc3)C(=O)C(=O)N2Cc2ccco2)cc1. The summed E-state index contributed by atoms with van der Waals surface area (Å²) in [6, 6.07) is 24.5. The van der Waals surface area contributed by atoms with Gasteiger partial charge in [0.2, 0.25) is 0 Å². The third kappa shape index (κ3) is 4.91. The molecule has 1 N–H and O–H groups in total. The number of carbonyl (C=O) groups is 2. The van der Waals surface area contributed by atoms with Crippen LogP contribution in [0.3, 0.4) is 0 Å². The van der Waals surface area contributed by atoms with E-state index in [4.69, 9.17) is 13.9 Å². The fourth-order valence-electron chi connectivity index (χ4n) is 4.54. The fraction of sp³-hybridized carbons (Fsp3) is 0.161. The van der Waals surface area contributed by atoms with Gasteiger partial charge in [-0.1, -0.05) is 36.4 Å². The highest BCUT2D eigenvalue weighted by Gasteiger charge is 2.46. The number of rotatable bonds is 8. The fourth-order valence-corrected chi connectivity index (χ4v) is 4.54. The summed E-state index contributed by atoms with van der Waals surface area (Å²) in [5.41, 5.74) is 3.30. The first kappa shape index (κ1) is 24.9. The van der Waals surface area contributed by atoms with E-state index in [1.807, 2.05) is 31.2 Å². The minimum absolute atomic E-state index is 0.0142. The quantitative estimate of drug-likeness (QED) is 0.184. The van der Waals surface area contributed by atoms with Crippen LogP contribution >= 0.6 is 0 Å². The number of Topliss-reactive ketones (excluding diaryl/α,β-unsaturated/α-hetero) is 1. The van der Waals surface area contributed by atoms with Crippen molar-refractivity contribution in [3.05, 3.63) is 125 Å². The first-order chi connectivity index (χ1) is 18.5. The van der Waals surface area contributed by atoms with Gasteiger partial charge in [0.15, 0.2) is 0 Å². The van der Waals surface area contributed by atoms with Gasteiger partial charge < -0.3 is 23.9 Å². The van der Waals surface area contributed by atoms with Crippen molar-refractivity contribution in [2.45, 2.75) is 26.1 Å². The van der Waals surface area contributed by atoms with Crippen LogP contribution in [0.25, 0.3) is 5.76 Å². The lowest BCUT2D eigenvalue weighted by Crippen LogP contribution is -2.29. The van der Waals surface area contributed by atoms with Crippen molar-refractivity contribution in [2.24, 2.45) is 0 Å². The van der Waals surface area contributed by atoms with E-state index in [1.165, 1.54) is 11.2 Å². The summed E-state index contributed by atoms with van der Waals surface area (Å²) < 4.78 is 16.6. The second kappa shape index (κ2) is 10.7. The molecule has 1 fully saturated rings. The Balaban J connectivity index is 1.47. The lowest BCUT2D eigenvalue weighted by molar-refractivity contribution is -0.140. The van der Waals surface area contributed by atoms with Gasteiger partial charge in [-0.15, -0.1) is 0 Å². The number of ether oxygens (including phenoxy) is 2. The highest BCUT2D eigenvalue weighted by Crippen LogP contribution is 2.41. The van der Waals surface area contributed by atoms with Crippen molar-refractivity contribution in [3.63, 3.8) is 0 Å². The predicted octanol–water partition coefficient (Wildman–Crippen LogP) is 5.80. The molecule has 3 aromatic carbocycles. The van der Waals surface area contributed by atoms with Gasteiger partial charge in [-0.3, -0.25) is 9.59 Å². The number of aryl methyl sites for hydroxylation is 1. The van der Waals surface area contributed by atoms with Gasteiger partial charge in [0, 0.05) is 5.56 Å².